The fraction of sp³-hybridized carbons (Fsp3) is 0.778. The van der Waals surface area contributed by atoms with Crippen LogP contribution in [0, 0.1) is 5.92 Å². The molecule has 1 rings (SSSR count). The van der Waals surface area contributed by atoms with Crippen LogP contribution < -0.4 is 0 Å². The average Bonchev–Trinajstić information content (AvgIpc) is 2.30. The first-order chi connectivity index (χ1) is 5.52. The van der Waals surface area contributed by atoms with Crippen LogP contribution in [0.15, 0.2) is 4.99 Å². The minimum absolute atomic E-state index is 0.118. The Bertz CT molecular complexity index is 221. The number of Topliss-reactive ketones (excluding diaryl/α,β-unsaturated/α-hetero) is 1. The lowest BCUT2D eigenvalue weighted by Crippen LogP contribution is -2.29. The van der Waals surface area contributed by atoms with Gasteiger partial charge in [0.25, 0.3) is 0 Å². The quantitative estimate of drug-likeness (QED) is 0.615. The number of hydrogen-bond donors (Lipinski definition) is 0. The van der Waals surface area contributed by atoms with Crippen molar-refractivity contribution in [2.75, 3.05) is 13.6 Å². The van der Waals surface area contributed by atoms with Crippen LogP contribution in [0.25, 0.3) is 0 Å². The highest BCUT2D eigenvalue weighted by Gasteiger charge is 2.26. The number of aliphatic imine (C=N–C) groups is 1. The van der Waals surface area contributed by atoms with Crippen LogP contribution in [0.3, 0.4) is 0 Å². The van der Waals surface area contributed by atoms with Crippen LogP contribution in [0.4, 0.5) is 0 Å². The molecule has 0 saturated heterocycles. The molecule has 1 atom stereocenters. The molecular weight excluding hydrogens is 152 g/mol. The van der Waals surface area contributed by atoms with Crippen LogP contribution in [-0.2, 0) is 4.79 Å². The minimum Gasteiger partial charge on any atom is -0.361 e. The Morgan fingerprint density at radius 3 is 2.50 bits per heavy atom. The van der Waals surface area contributed by atoms with Gasteiger partial charge >= 0.3 is 0 Å². The molecule has 0 amide bonds. The Morgan fingerprint density at radius 1 is 1.67 bits per heavy atom. The third-order valence-electron chi connectivity index (χ3n) is 2.11. The molecule has 0 aromatic rings. The molecule has 3 heteroatoms. The maximum absolute atomic E-state index is 11.0. The molecule has 0 fully saturated rings. The van der Waals surface area contributed by atoms with Gasteiger partial charge in [0.2, 0.25) is 0 Å². The standard InChI is InChI=1S/C9H16N2O/c1-6(2)9-10-8(7(3)12)5-11(9)4/h6,8H,5H2,1-4H3/t8-/m0/s1. The Labute approximate surface area is 73.5 Å². The van der Waals surface area contributed by atoms with Gasteiger partial charge in [-0.25, -0.2) is 0 Å². The number of likely N-dealkylation sites (N-methyl/N-ethyl adjacent to an activating group) is 1. The summed E-state index contributed by atoms with van der Waals surface area (Å²) in [6.45, 7) is 6.55. The summed E-state index contributed by atoms with van der Waals surface area (Å²) >= 11 is 0. The molecule has 0 aromatic carbocycles. The van der Waals surface area contributed by atoms with Gasteiger partial charge in [-0.05, 0) is 6.92 Å². The molecule has 0 spiro atoms. The van der Waals surface area contributed by atoms with Gasteiger partial charge < -0.3 is 4.90 Å². The second-order valence-electron chi connectivity index (χ2n) is 3.65. The van der Waals surface area contributed by atoms with Crippen LogP contribution >= 0.6 is 0 Å². The van der Waals surface area contributed by atoms with Crippen LogP contribution in [-0.4, -0.2) is 36.2 Å². The van der Waals surface area contributed by atoms with E-state index in [0.29, 0.717) is 5.92 Å². The lowest BCUT2D eigenvalue weighted by Gasteiger charge is -2.16. The highest BCUT2D eigenvalue weighted by atomic mass is 16.1. The zero-order valence-corrected chi connectivity index (χ0v) is 8.16. The highest BCUT2D eigenvalue weighted by Crippen LogP contribution is 2.13. The lowest BCUT2D eigenvalue weighted by molar-refractivity contribution is -0.118. The van der Waals surface area contributed by atoms with E-state index in [2.05, 4.69) is 23.7 Å². The summed E-state index contributed by atoms with van der Waals surface area (Å²) in [6.07, 6.45) is 0. The van der Waals surface area contributed by atoms with Crippen molar-refractivity contribution in [3.8, 4) is 0 Å². The molecule has 0 aromatic heterocycles. The highest BCUT2D eigenvalue weighted by molar-refractivity contribution is 5.92. The molecule has 3 nitrogen and oxygen atoms in total. The number of carbonyl (C=O) groups is 1. The average molecular weight is 168 g/mol. The van der Waals surface area contributed by atoms with Crippen LogP contribution in [0.5, 0.6) is 0 Å². The fourth-order valence-corrected chi connectivity index (χ4v) is 1.46. The summed E-state index contributed by atoms with van der Waals surface area (Å²) < 4.78 is 0. The monoisotopic (exact) mass is 168 g/mol. The number of carbonyl (C=O) groups excluding carboxylic acids is 1. The second-order valence-corrected chi connectivity index (χ2v) is 3.65. The predicted octanol–water partition coefficient (Wildman–Crippen LogP) is 0.944. The first-order valence-electron chi connectivity index (χ1n) is 4.31. The molecule has 1 heterocycles. The molecule has 1 aliphatic heterocycles. The number of nitrogens with zero attached hydrogens (tertiary/aromatic N) is 2. The van der Waals surface area contributed by atoms with Gasteiger partial charge in [0.1, 0.15) is 11.9 Å². The van der Waals surface area contributed by atoms with Gasteiger partial charge in [0.15, 0.2) is 5.78 Å². The number of hydrogen-bond acceptors (Lipinski definition) is 3. The van der Waals surface area contributed by atoms with Crippen molar-refractivity contribution in [1.82, 2.24) is 4.90 Å². The molecule has 68 valence electrons. The molecule has 0 bridgehead atoms. The van der Waals surface area contributed by atoms with Crippen molar-refractivity contribution >= 4 is 11.6 Å². The number of amidine groups is 1. The topological polar surface area (TPSA) is 32.7 Å². The third kappa shape index (κ3) is 1.65. The summed E-state index contributed by atoms with van der Waals surface area (Å²) in [4.78, 5) is 17.5. The van der Waals surface area contributed by atoms with E-state index in [1.165, 1.54) is 0 Å². The zero-order valence-electron chi connectivity index (χ0n) is 8.16. The van der Waals surface area contributed by atoms with Crippen LogP contribution in [0.2, 0.25) is 0 Å². The van der Waals surface area contributed by atoms with Gasteiger partial charge in [0.05, 0.1) is 0 Å². The normalized spacial score (nSPS) is 23.2. The Morgan fingerprint density at radius 2 is 2.25 bits per heavy atom. The molecule has 0 radical (unpaired) electrons. The van der Waals surface area contributed by atoms with Crippen molar-refractivity contribution in [1.29, 1.82) is 0 Å². The van der Waals surface area contributed by atoms with Crippen LogP contribution in [0.1, 0.15) is 20.8 Å². The maximum Gasteiger partial charge on any atom is 0.156 e. The molecule has 12 heavy (non-hydrogen) atoms. The smallest absolute Gasteiger partial charge is 0.156 e. The largest absolute Gasteiger partial charge is 0.361 e. The number of ketones is 1. The second kappa shape index (κ2) is 3.25. The van der Waals surface area contributed by atoms with E-state index in [0.717, 1.165) is 12.4 Å². The van der Waals surface area contributed by atoms with Crippen molar-refractivity contribution < 1.29 is 4.79 Å². The molecule has 0 unspecified atom stereocenters. The SMILES string of the molecule is CC(=O)[C@@H]1CN(C)C(C(C)C)=N1. The molecule has 0 N–H and O–H groups in total. The van der Waals surface area contributed by atoms with E-state index in [1.54, 1.807) is 6.92 Å². The Hall–Kier alpha value is -0.860. The summed E-state index contributed by atoms with van der Waals surface area (Å²) in [5.41, 5.74) is 0. The Kier molecular flexibility index (Phi) is 2.50. The van der Waals surface area contributed by atoms with E-state index in [-0.39, 0.29) is 11.8 Å². The van der Waals surface area contributed by atoms with E-state index in [4.69, 9.17) is 0 Å². The first kappa shape index (κ1) is 9.23. The minimum atomic E-state index is -0.118. The zero-order chi connectivity index (χ0) is 9.30. The van der Waals surface area contributed by atoms with E-state index < -0.39 is 0 Å². The van der Waals surface area contributed by atoms with Crippen molar-refractivity contribution in [2.45, 2.75) is 26.8 Å². The number of rotatable bonds is 2. The summed E-state index contributed by atoms with van der Waals surface area (Å²) in [6, 6.07) is -0.118. The molecule has 1 aliphatic rings. The third-order valence-corrected chi connectivity index (χ3v) is 2.11. The summed E-state index contributed by atoms with van der Waals surface area (Å²) in [5.74, 6) is 1.63. The van der Waals surface area contributed by atoms with Crippen molar-refractivity contribution in [2.24, 2.45) is 10.9 Å². The van der Waals surface area contributed by atoms with Crippen molar-refractivity contribution in [3.63, 3.8) is 0 Å². The first-order valence-corrected chi connectivity index (χ1v) is 4.31. The fourth-order valence-electron chi connectivity index (χ4n) is 1.46. The summed E-state index contributed by atoms with van der Waals surface area (Å²) in [7, 11) is 1.99. The van der Waals surface area contributed by atoms with Gasteiger partial charge in [-0.1, -0.05) is 13.8 Å². The Balaban J connectivity index is 2.74. The van der Waals surface area contributed by atoms with Gasteiger partial charge in [-0.3, -0.25) is 9.79 Å². The van der Waals surface area contributed by atoms with Gasteiger partial charge in [0, 0.05) is 19.5 Å². The lowest BCUT2D eigenvalue weighted by atomic mass is 10.2. The predicted molar refractivity (Wildman–Crippen MR) is 49.4 cm³/mol. The van der Waals surface area contributed by atoms with Crippen molar-refractivity contribution in [3.05, 3.63) is 0 Å². The maximum atomic E-state index is 11.0. The van der Waals surface area contributed by atoms with Gasteiger partial charge in [-0.15, -0.1) is 0 Å². The molecule has 0 aliphatic carbocycles. The summed E-state index contributed by atoms with van der Waals surface area (Å²) in [5, 5.41) is 0. The van der Waals surface area contributed by atoms with Gasteiger partial charge in [-0.2, -0.15) is 0 Å². The van der Waals surface area contributed by atoms with E-state index >= 15 is 0 Å². The molecule has 0 saturated carbocycles. The van der Waals surface area contributed by atoms with E-state index in [9.17, 15) is 4.79 Å². The molecular formula is C9H16N2O. The van der Waals surface area contributed by atoms with E-state index in [1.807, 2.05) is 7.05 Å².